The summed E-state index contributed by atoms with van der Waals surface area (Å²) in [5.74, 6) is 1.00. The minimum atomic E-state index is -0.325. The van der Waals surface area contributed by atoms with Gasteiger partial charge in [-0.2, -0.15) is 5.10 Å². The first-order valence-electron chi connectivity index (χ1n) is 8.98. The lowest BCUT2D eigenvalue weighted by Crippen LogP contribution is -2.24. The third-order valence-corrected chi connectivity index (χ3v) is 4.02. The van der Waals surface area contributed by atoms with Crippen LogP contribution in [0.3, 0.4) is 0 Å². The van der Waals surface area contributed by atoms with Crippen molar-refractivity contribution in [1.29, 1.82) is 0 Å². The molecule has 142 valence electrons. The molecule has 0 bridgehead atoms. The fraction of sp³-hybridized carbons (Fsp3) is 0.130. The van der Waals surface area contributed by atoms with Crippen molar-refractivity contribution in [2.75, 3.05) is 6.61 Å². The number of rotatable bonds is 8. The lowest BCUT2D eigenvalue weighted by Gasteiger charge is -2.08. The number of nitrogens with zero attached hydrogens (tertiary/aromatic N) is 1. The monoisotopic (exact) mass is 374 g/mol. The van der Waals surface area contributed by atoms with Crippen molar-refractivity contribution in [3.63, 3.8) is 0 Å². The zero-order chi connectivity index (χ0) is 19.6. The first-order valence-corrected chi connectivity index (χ1v) is 8.98. The molecule has 0 fully saturated rings. The second-order valence-electron chi connectivity index (χ2n) is 6.18. The number of hydrazone groups is 1. The fourth-order valence-corrected chi connectivity index (χ4v) is 2.46. The van der Waals surface area contributed by atoms with Crippen molar-refractivity contribution in [1.82, 2.24) is 5.43 Å². The molecular formula is C23H22N2O3. The number of amides is 1. The molecule has 1 N–H and O–H groups in total. The molecule has 3 aromatic carbocycles. The van der Waals surface area contributed by atoms with Crippen molar-refractivity contribution in [2.45, 2.75) is 13.5 Å². The maximum absolute atomic E-state index is 11.8. The summed E-state index contributed by atoms with van der Waals surface area (Å²) in [6.45, 7) is 2.37. The number of carbonyl (C=O) groups excluding carboxylic acids is 1. The molecule has 0 atom stereocenters. The summed E-state index contributed by atoms with van der Waals surface area (Å²) in [5.41, 5.74) is 5.60. The molecule has 1 amide bonds. The van der Waals surface area contributed by atoms with E-state index in [9.17, 15) is 4.79 Å². The lowest BCUT2D eigenvalue weighted by molar-refractivity contribution is -0.123. The summed E-state index contributed by atoms with van der Waals surface area (Å²) in [6, 6.07) is 24.9. The zero-order valence-electron chi connectivity index (χ0n) is 15.7. The van der Waals surface area contributed by atoms with Crippen LogP contribution in [0, 0.1) is 6.92 Å². The molecule has 0 radical (unpaired) electrons. The smallest absolute Gasteiger partial charge is 0.277 e. The Kier molecular flexibility index (Phi) is 6.79. The van der Waals surface area contributed by atoms with Gasteiger partial charge in [-0.05, 0) is 47.9 Å². The molecule has 0 saturated heterocycles. The van der Waals surface area contributed by atoms with Gasteiger partial charge in [-0.25, -0.2) is 5.43 Å². The van der Waals surface area contributed by atoms with Gasteiger partial charge in [0.1, 0.15) is 18.1 Å². The Morgan fingerprint density at radius 2 is 1.54 bits per heavy atom. The maximum atomic E-state index is 11.8. The Morgan fingerprint density at radius 1 is 0.893 bits per heavy atom. The van der Waals surface area contributed by atoms with E-state index in [0.29, 0.717) is 12.4 Å². The van der Waals surface area contributed by atoms with Crippen molar-refractivity contribution >= 4 is 12.1 Å². The van der Waals surface area contributed by atoms with Crippen LogP contribution >= 0.6 is 0 Å². The SMILES string of the molecule is Cc1ccccc1/C=N/NC(=O)COc1ccc(OCc2ccccc2)cc1. The Bertz CT molecular complexity index is 922. The molecule has 0 aromatic heterocycles. The van der Waals surface area contributed by atoms with Crippen LogP contribution in [0.15, 0.2) is 84.0 Å². The molecule has 0 aliphatic rings. The molecule has 5 heteroatoms. The minimum Gasteiger partial charge on any atom is -0.489 e. The quantitative estimate of drug-likeness (QED) is 0.477. The Labute approximate surface area is 164 Å². The van der Waals surface area contributed by atoms with E-state index in [-0.39, 0.29) is 12.5 Å². The summed E-state index contributed by atoms with van der Waals surface area (Å²) in [4.78, 5) is 11.8. The second-order valence-corrected chi connectivity index (χ2v) is 6.18. The molecule has 0 saturated carbocycles. The number of hydrogen-bond donors (Lipinski definition) is 1. The van der Waals surface area contributed by atoms with Crippen LogP contribution in [0.25, 0.3) is 0 Å². The van der Waals surface area contributed by atoms with E-state index in [1.807, 2.05) is 73.7 Å². The largest absolute Gasteiger partial charge is 0.489 e. The van der Waals surface area contributed by atoms with Gasteiger partial charge in [-0.1, -0.05) is 54.6 Å². The van der Waals surface area contributed by atoms with E-state index < -0.39 is 0 Å². The first-order chi connectivity index (χ1) is 13.7. The van der Waals surface area contributed by atoms with E-state index >= 15 is 0 Å². The first kappa shape index (κ1) is 19.2. The highest BCUT2D eigenvalue weighted by atomic mass is 16.5. The normalized spacial score (nSPS) is 10.6. The highest BCUT2D eigenvalue weighted by Gasteiger charge is 2.02. The molecule has 28 heavy (non-hydrogen) atoms. The summed E-state index contributed by atoms with van der Waals surface area (Å²) in [7, 11) is 0. The molecule has 0 aliphatic heterocycles. The molecule has 5 nitrogen and oxygen atoms in total. The van der Waals surface area contributed by atoms with Gasteiger partial charge in [0.2, 0.25) is 0 Å². The Hall–Kier alpha value is -3.60. The van der Waals surface area contributed by atoms with Crippen LogP contribution in [0.4, 0.5) is 0 Å². The number of hydrogen-bond acceptors (Lipinski definition) is 4. The Balaban J connectivity index is 1.41. The van der Waals surface area contributed by atoms with Gasteiger partial charge < -0.3 is 9.47 Å². The topological polar surface area (TPSA) is 59.9 Å². The van der Waals surface area contributed by atoms with E-state index in [4.69, 9.17) is 9.47 Å². The third kappa shape index (κ3) is 5.99. The highest BCUT2D eigenvalue weighted by molar-refractivity contribution is 5.84. The van der Waals surface area contributed by atoms with Crippen LogP contribution < -0.4 is 14.9 Å². The number of nitrogens with one attached hydrogen (secondary N) is 1. The lowest BCUT2D eigenvalue weighted by atomic mass is 10.1. The van der Waals surface area contributed by atoms with E-state index in [2.05, 4.69) is 10.5 Å². The maximum Gasteiger partial charge on any atom is 0.277 e. The second kappa shape index (κ2) is 9.92. The molecule has 0 heterocycles. The Morgan fingerprint density at radius 3 is 2.25 bits per heavy atom. The van der Waals surface area contributed by atoms with Crippen molar-refractivity contribution in [2.24, 2.45) is 5.10 Å². The van der Waals surface area contributed by atoms with E-state index in [0.717, 1.165) is 22.4 Å². The van der Waals surface area contributed by atoms with E-state index in [1.165, 1.54) is 0 Å². The van der Waals surface area contributed by atoms with Crippen molar-refractivity contribution in [3.05, 3.63) is 95.6 Å². The van der Waals surface area contributed by atoms with Crippen LogP contribution in [0.2, 0.25) is 0 Å². The predicted octanol–water partition coefficient (Wildman–Crippen LogP) is 4.10. The van der Waals surface area contributed by atoms with Crippen LogP contribution in [0.1, 0.15) is 16.7 Å². The third-order valence-electron chi connectivity index (χ3n) is 4.02. The average Bonchev–Trinajstić information content (AvgIpc) is 2.74. The van der Waals surface area contributed by atoms with Gasteiger partial charge in [0, 0.05) is 0 Å². The van der Waals surface area contributed by atoms with Crippen LogP contribution in [-0.4, -0.2) is 18.7 Å². The molecule has 0 aliphatic carbocycles. The van der Waals surface area contributed by atoms with Gasteiger partial charge in [-0.3, -0.25) is 4.79 Å². The van der Waals surface area contributed by atoms with Crippen LogP contribution in [-0.2, 0) is 11.4 Å². The van der Waals surface area contributed by atoms with Gasteiger partial charge in [0.15, 0.2) is 6.61 Å². The minimum absolute atomic E-state index is 0.116. The number of ether oxygens (including phenoxy) is 2. The van der Waals surface area contributed by atoms with Gasteiger partial charge >= 0.3 is 0 Å². The number of aryl methyl sites for hydroxylation is 1. The molecule has 3 rings (SSSR count). The average molecular weight is 374 g/mol. The summed E-state index contributed by atoms with van der Waals surface area (Å²) in [5, 5.41) is 3.96. The molecule has 3 aromatic rings. The van der Waals surface area contributed by atoms with Crippen LogP contribution in [0.5, 0.6) is 11.5 Å². The summed E-state index contributed by atoms with van der Waals surface area (Å²) in [6.07, 6.45) is 1.62. The molecule has 0 unspecified atom stereocenters. The van der Waals surface area contributed by atoms with Gasteiger partial charge in [-0.15, -0.1) is 0 Å². The fourth-order valence-electron chi connectivity index (χ4n) is 2.46. The number of carbonyl (C=O) groups is 1. The number of benzene rings is 3. The van der Waals surface area contributed by atoms with Crippen molar-refractivity contribution < 1.29 is 14.3 Å². The van der Waals surface area contributed by atoms with Gasteiger partial charge in [0.05, 0.1) is 6.21 Å². The summed E-state index contributed by atoms with van der Waals surface area (Å²) >= 11 is 0. The predicted molar refractivity (Wildman–Crippen MR) is 110 cm³/mol. The summed E-state index contributed by atoms with van der Waals surface area (Å²) < 4.78 is 11.2. The van der Waals surface area contributed by atoms with Gasteiger partial charge in [0.25, 0.3) is 5.91 Å². The molecule has 0 spiro atoms. The van der Waals surface area contributed by atoms with E-state index in [1.54, 1.807) is 18.3 Å². The molecular weight excluding hydrogens is 352 g/mol. The highest BCUT2D eigenvalue weighted by Crippen LogP contribution is 2.18. The zero-order valence-corrected chi connectivity index (χ0v) is 15.7. The van der Waals surface area contributed by atoms with Crippen molar-refractivity contribution in [3.8, 4) is 11.5 Å². The standard InChI is InChI=1S/C23H22N2O3/c1-18-7-5-6-10-20(18)15-24-25-23(26)17-28-22-13-11-21(12-14-22)27-16-19-8-3-2-4-9-19/h2-15H,16-17H2,1H3,(H,25,26)/b24-15+.